The molecule has 0 radical (unpaired) electrons. The molecule has 0 aliphatic carbocycles. The van der Waals surface area contributed by atoms with Crippen LogP contribution in [0.1, 0.15) is 45.6 Å². The van der Waals surface area contributed by atoms with Crippen LogP contribution >= 0.6 is 0 Å². The van der Waals surface area contributed by atoms with Gasteiger partial charge in [-0.25, -0.2) is 0 Å². The Morgan fingerprint density at radius 2 is 1.89 bits per heavy atom. The summed E-state index contributed by atoms with van der Waals surface area (Å²) in [6, 6.07) is 9.84. The summed E-state index contributed by atoms with van der Waals surface area (Å²) in [5, 5.41) is 12.2. The van der Waals surface area contributed by atoms with Crippen LogP contribution in [0.2, 0.25) is 0 Å². The fourth-order valence-corrected chi connectivity index (χ4v) is 2.09. The molecular formula is C16H25NO2. The second kappa shape index (κ2) is 6.71. The predicted octanol–water partition coefficient (Wildman–Crippen LogP) is 2.70. The van der Waals surface area contributed by atoms with E-state index < -0.39 is 5.54 Å². The topological polar surface area (TPSA) is 49.3 Å². The number of rotatable bonds is 6. The van der Waals surface area contributed by atoms with E-state index in [0.29, 0.717) is 0 Å². The molecule has 106 valence electrons. The van der Waals surface area contributed by atoms with Crippen molar-refractivity contribution in [3.05, 3.63) is 35.9 Å². The first-order valence-electron chi connectivity index (χ1n) is 6.89. The van der Waals surface area contributed by atoms with Crippen molar-refractivity contribution in [3.63, 3.8) is 0 Å². The molecule has 0 aromatic heterocycles. The molecule has 0 heterocycles. The Bertz CT molecular complexity index is 400. The molecule has 0 saturated carbocycles. The Morgan fingerprint density at radius 1 is 1.32 bits per heavy atom. The van der Waals surface area contributed by atoms with Crippen molar-refractivity contribution in [3.8, 4) is 0 Å². The van der Waals surface area contributed by atoms with E-state index in [2.05, 4.69) is 19.2 Å². The third kappa shape index (κ3) is 4.35. The lowest BCUT2D eigenvalue weighted by Crippen LogP contribution is -2.48. The molecule has 3 heteroatoms. The zero-order valence-corrected chi connectivity index (χ0v) is 12.3. The van der Waals surface area contributed by atoms with Gasteiger partial charge in [-0.15, -0.1) is 0 Å². The third-order valence-electron chi connectivity index (χ3n) is 3.51. The van der Waals surface area contributed by atoms with E-state index >= 15 is 0 Å². The number of hydrogen-bond acceptors (Lipinski definition) is 2. The molecule has 2 atom stereocenters. The van der Waals surface area contributed by atoms with Crippen LogP contribution in [0.3, 0.4) is 0 Å². The average molecular weight is 263 g/mol. The zero-order chi connectivity index (χ0) is 14.5. The molecule has 1 aromatic carbocycles. The van der Waals surface area contributed by atoms with Crippen LogP contribution in [0.15, 0.2) is 30.3 Å². The molecule has 0 bridgehead atoms. The van der Waals surface area contributed by atoms with Crippen LogP contribution in [0.25, 0.3) is 0 Å². The molecule has 0 saturated heterocycles. The van der Waals surface area contributed by atoms with Gasteiger partial charge in [-0.05, 0) is 25.3 Å². The van der Waals surface area contributed by atoms with Crippen molar-refractivity contribution < 1.29 is 9.90 Å². The van der Waals surface area contributed by atoms with E-state index in [0.717, 1.165) is 12.0 Å². The number of aliphatic hydroxyl groups is 1. The van der Waals surface area contributed by atoms with Gasteiger partial charge in [0.1, 0.15) is 0 Å². The summed E-state index contributed by atoms with van der Waals surface area (Å²) in [6.45, 7) is 7.75. The normalized spacial score (nSPS) is 14.8. The van der Waals surface area contributed by atoms with Gasteiger partial charge in [0.2, 0.25) is 5.91 Å². The number of amides is 1. The molecule has 0 aliphatic rings. The van der Waals surface area contributed by atoms with Crippen LogP contribution < -0.4 is 5.32 Å². The van der Waals surface area contributed by atoms with E-state index in [1.165, 1.54) is 0 Å². The summed E-state index contributed by atoms with van der Waals surface area (Å²) in [5.41, 5.74) is 0.445. The molecule has 1 amide bonds. The van der Waals surface area contributed by atoms with Crippen LogP contribution in [-0.4, -0.2) is 23.2 Å². The van der Waals surface area contributed by atoms with Crippen molar-refractivity contribution in [1.29, 1.82) is 0 Å². The average Bonchev–Trinajstić information content (AvgIpc) is 2.39. The summed E-state index contributed by atoms with van der Waals surface area (Å²) >= 11 is 0. The summed E-state index contributed by atoms with van der Waals surface area (Å²) in [7, 11) is 0. The number of carbonyl (C=O) groups excluding carboxylic acids is 1. The third-order valence-corrected chi connectivity index (χ3v) is 3.51. The van der Waals surface area contributed by atoms with Gasteiger partial charge in [-0.2, -0.15) is 0 Å². The van der Waals surface area contributed by atoms with Gasteiger partial charge in [0.15, 0.2) is 0 Å². The van der Waals surface area contributed by atoms with Gasteiger partial charge in [0, 0.05) is 0 Å². The molecule has 3 nitrogen and oxygen atoms in total. The van der Waals surface area contributed by atoms with E-state index in [1.54, 1.807) is 0 Å². The van der Waals surface area contributed by atoms with Crippen molar-refractivity contribution >= 4 is 5.91 Å². The second-order valence-electron chi connectivity index (χ2n) is 5.81. The lowest BCUT2D eigenvalue weighted by atomic mass is 9.84. The summed E-state index contributed by atoms with van der Waals surface area (Å²) in [6.07, 6.45) is 0.937. The number of benzene rings is 1. The summed E-state index contributed by atoms with van der Waals surface area (Å²) in [4.78, 5) is 12.5. The van der Waals surface area contributed by atoms with Crippen LogP contribution in [-0.2, 0) is 4.79 Å². The largest absolute Gasteiger partial charge is 0.394 e. The van der Waals surface area contributed by atoms with Crippen LogP contribution in [0.4, 0.5) is 0 Å². The number of carbonyl (C=O) groups is 1. The lowest BCUT2D eigenvalue weighted by molar-refractivity contribution is -0.125. The Morgan fingerprint density at radius 3 is 2.37 bits per heavy atom. The van der Waals surface area contributed by atoms with Crippen molar-refractivity contribution in [2.45, 2.75) is 45.6 Å². The minimum absolute atomic E-state index is 0.0143. The standard InChI is InChI=1S/C16H25NO2/c1-5-12(2)14(13-9-7-6-8-10-13)15(19)17-16(3,4)11-18/h6-10,12,14,18H,5,11H2,1-4H3,(H,17,19). The van der Waals surface area contributed by atoms with Crippen molar-refractivity contribution in [1.82, 2.24) is 5.32 Å². The SMILES string of the molecule is CCC(C)C(C(=O)NC(C)(C)CO)c1ccccc1. The highest BCUT2D eigenvalue weighted by Gasteiger charge is 2.29. The highest BCUT2D eigenvalue weighted by molar-refractivity contribution is 5.84. The van der Waals surface area contributed by atoms with Gasteiger partial charge in [-0.3, -0.25) is 4.79 Å². The maximum Gasteiger partial charge on any atom is 0.228 e. The summed E-state index contributed by atoms with van der Waals surface area (Å²) < 4.78 is 0. The fraction of sp³-hybridized carbons (Fsp3) is 0.562. The van der Waals surface area contributed by atoms with Crippen molar-refractivity contribution in [2.75, 3.05) is 6.61 Å². The predicted molar refractivity (Wildman–Crippen MR) is 77.9 cm³/mol. The minimum Gasteiger partial charge on any atom is -0.394 e. The molecule has 0 aliphatic heterocycles. The minimum atomic E-state index is -0.586. The Kier molecular flexibility index (Phi) is 5.55. The molecule has 2 N–H and O–H groups in total. The first-order valence-corrected chi connectivity index (χ1v) is 6.89. The summed E-state index contributed by atoms with van der Waals surface area (Å²) in [5.74, 6) is 0.0773. The van der Waals surface area contributed by atoms with E-state index in [1.807, 2.05) is 44.2 Å². The fourth-order valence-electron chi connectivity index (χ4n) is 2.09. The van der Waals surface area contributed by atoms with Gasteiger partial charge < -0.3 is 10.4 Å². The first kappa shape index (κ1) is 15.7. The van der Waals surface area contributed by atoms with Gasteiger partial charge in [-0.1, -0.05) is 50.6 Å². The van der Waals surface area contributed by atoms with Crippen molar-refractivity contribution in [2.24, 2.45) is 5.92 Å². The molecule has 0 fully saturated rings. The zero-order valence-electron chi connectivity index (χ0n) is 12.3. The van der Waals surface area contributed by atoms with E-state index in [4.69, 9.17) is 0 Å². The molecule has 2 unspecified atom stereocenters. The smallest absolute Gasteiger partial charge is 0.228 e. The van der Waals surface area contributed by atoms with Gasteiger partial charge >= 0.3 is 0 Å². The number of nitrogens with one attached hydrogen (secondary N) is 1. The van der Waals surface area contributed by atoms with Crippen LogP contribution in [0, 0.1) is 5.92 Å². The second-order valence-corrected chi connectivity index (χ2v) is 5.81. The molecule has 1 aromatic rings. The number of aliphatic hydroxyl groups excluding tert-OH is 1. The maximum atomic E-state index is 12.5. The Balaban J connectivity index is 2.96. The van der Waals surface area contributed by atoms with Gasteiger partial charge in [0.05, 0.1) is 18.1 Å². The van der Waals surface area contributed by atoms with E-state index in [-0.39, 0.29) is 24.3 Å². The molecule has 1 rings (SSSR count). The number of hydrogen-bond donors (Lipinski definition) is 2. The Labute approximate surface area is 116 Å². The highest BCUT2D eigenvalue weighted by atomic mass is 16.3. The molecule has 19 heavy (non-hydrogen) atoms. The Hall–Kier alpha value is -1.35. The highest BCUT2D eigenvalue weighted by Crippen LogP contribution is 2.27. The van der Waals surface area contributed by atoms with Crippen LogP contribution in [0.5, 0.6) is 0 Å². The van der Waals surface area contributed by atoms with E-state index in [9.17, 15) is 9.90 Å². The molecule has 0 spiro atoms. The molecular weight excluding hydrogens is 238 g/mol. The first-order chi connectivity index (χ1) is 8.91. The quantitative estimate of drug-likeness (QED) is 0.829. The maximum absolute atomic E-state index is 12.5. The lowest BCUT2D eigenvalue weighted by Gasteiger charge is -2.29. The van der Waals surface area contributed by atoms with Gasteiger partial charge in [0.25, 0.3) is 0 Å². The monoisotopic (exact) mass is 263 g/mol.